The minimum Gasteiger partial charge on any atom is -0.508 e. The van der Waals surface area contributed by atoms with Crippen molar-refractivity contribution >= 4 is 12.1 Å². The minimum absolute atomic E-state index is 0.0126. The Morgan fingerprint density at radius 2 is 1.74 bits per heavy atom. The van der Waals surface area contributed by atoms with E-state index in [4.69, 9.17) is 4.74 Å². The van der Waals surface area contributed by atoms with Crippen molar-refractivity contribution in [2.75, 3.05) is 0 Å². The molecule has 0 aliphatic heterocycles. The summed E-state index contributed by atoms with van der Waals surface area (Å²) in [5, 5.41) is 22.9. The number of hydrazone groups is 1. The van der Waals surface area contributed by atoms with Crippen LogP contribution in [0.4, 0.5) is 0 Å². The summed E-state index contributed by atoms with van der Waals surface area (Å²) in [6.45, 7) is 0.416. The summed E-state index contributed by atoms with van der Waals surface area (Å²) in [6, 6.07) is 20.8. The van der Waals surface area contributed by atoms with Gasteiger partial charge in [-0.2, -0.15) is 5.10 Å². The first-order valence-electron chi connectivity index (χ1n) is 8.24. The van der Waals surface area contributed by atoms with Crippen molar-refractivity contribution < 1.29 is 19.7 Å². The van der Waals surface area contributed by atoms with Crippen LogP contribution in [0.2, 0.25) is 0 Å². The van der Waals surface area contributed by atoms with Gasteiger partial charge in [0.15, 0.2) is 0 Å². The molecule has 0 bridgehead atoms. The molecule has 0 unspecified atom stereocenters. The Hall–Kier alpha value is -3.80. The highest BCUT2D eigenvalue weighted by Gasteiger charge is 2.10. The van der Waals surface area contributed by atoms with Crippen LogP contribution >= 0.6 is 0 Å². The fourth-order valence-electron chi connectivity index (χ4n) is 2.39. The zero-order chi connectivity index (χ0) is 19.1. The fraction of sp³-hybridized carbons (Fsp3) is 0.0476. The van der Waals surface area contributed by atoms with Crippen LogP contribution in [0.25, 0.3) is 0 Å². The van der Waals surface area contributed by atoms with Crippen molar-refractivity contribution in [3.63, 3.8) is 0 Å². The number of ether oxygens (including phenoxy) is 1. The van der Waals surface area contributed by atoms with E-state index in [0.29, 0.717) is 17.9 Å². The van der Waals surface area contributed by atoms with Gasteiger partial charge < -0.3 is 14.9 Å². The average Bonchev–Trinajstić information content (AvgIpc) is 2.68. The lowest BCUT2D eigenvalue weighted by atomic mass is 10.2. The molecule has 0 aromatic heterocycles. The van der Waals surface area contributed by atoms with E-state index in [-0.39, 0.29) is 17.1 Å². The standard InChI is InChI=1S/C21H18N2O4/c24-17-10-11-18(19(25)12-17)21(26)23-22-13-16-8-4-5-9-20(16)27-14-15-6-2-1-3-7-15/h1-13,24-25H,14H2,(H,23,26)/b22-13-. The van der Waals surface area contributed by atoms with Crippen molar-refractivity contribution in [2.45, 2.75) is 6.61 Å². The van der Waals surface area contributed by atoms with Crippen molar-refractivity contribution in [3.05, 3.63) is 89.5 Å². The van der Waals surface area contributed by atoms with Crippen LogP contribution in [0.3, 0.4) is 0 Å². The van der Waals surface area contributed by atoms with Crippen LogP contribution in [0, 0.1) is 0 Å². The number of benzene rings is 3. The zero-order valence-electron chi connectivity index (χ0n) is 14.4. The van der Waals surface area contributed by atoms with E-state index in [1.165, 1.54) is 18.3 Å². The Kier molecular flexibility index (Phi) is 5.69. The summed E-state index contributed by atoms with van der Waals surface area (Å²) in [5.41, 5.74) is 4.09. The van der Waals surface area contributed by atoms with Gasteiger partial charge in [-0.25, -0.2) is 5.43 Å². The molecule has 0 fully saturated rings. The normalized spacial score (nSPS) is 10.7. The fourth-order valence-corrected chi connectivity index (χ4v) is 2.39. The molecule has 1 amide bonds. The van der Waals surface area contributed by atoms with Crippen LogP contribution in [-0.4, -0.2) is 22.3 Å². The monoisotopic (exact) mass is 362 g/mol. The quantitative estimate of drug-likeness (QED) is 0.463. The van der Waals surface area contributed by atoms with Crippen LogP contribution in [0.5, 0.6) is 17.2 Å². The third-order valence-corrected chi connectivity index (χ3v) is 3.75. The van der Waals surface area contributed by atoms with Crippen LogP contribution in [0.1, 0.15) is 21.5 Å². The average molecular weight is 362 g/mol. The number of phenolic OH excluding ortho intramolecular Hbond substituents is 2. The maximum atomic E-state index is 12.1. The van der Waals surface area contributed by atoms with E-state index in [1.54, 1.807) is 0 Å². The smallest absolute Gasteiger partial charge is 0.275 e. The summed E-state index contributed by atoms with van der Waals surface area (Å²) in [5.74, 6) is -0.412. The van der Waals surface area contributed by atoms with Crippen molar-refractivity contribution in [1.29, 1.82) is 0 Å². The van der Waals surface area contributed by atoms with Crippen LogP contribution in [-0.2, 0) is 6.61 Å². The second-order valence-corrected chi connectivity index (χ2v) is 5.71. The largest absolute Gasteiger partial charge is 0.508 e. The second kappa shape index (κ2) is 8.53. The molecule has 3 aromatic carbocycles. The summed E-state index contributed by atoms with van der Waals surface area (Å²) in [4.78, 5) is 12.1. The van der Waals surface area contributed by atoms with Gasteiger partial charge in [0.05, 0.1) is 11.8 Å². The molecule has 0 atom stereocenters. The third kappa shape index (κ3) is 4.85. The molecule has 3 rings (SSSR count). The summed E-state index contributed by atoms with van der Waals surface area (Å²) in [6.07, 6.45) is 1.47. The molecule has 3 aromatic rings. The first-order valence-corrected chi connectivity index (χ1v) is 8.24. The number of carbonyl (C=O) groups excluding carboxylic acids is 1. The molecule has 0 spiro atoms. The van der Waals surface area contributed by atoms with Crippen molar-refractivity contribution in [3.8, 4) is 17.2 Å². The molecule has 0 heterocycles. The molecule has 6 heteroatoms. The van der Waals surface area contributed by atoms with Gasteiger partial charge in [-0.05, 0) is 29.8 Å². The van der Waals surface area contributed by atoms with E-state index in [2.05, 4.69) is 10.5 Å². The van der Waals surface area contributed by atoms with Gasteiger partial charge in [0.2, 0.25) is 0 Å². The lowest BCUT2D eigenvalue weighted by molar-refractivity contribution is 0.0952. The maximum Gasteiger partial charge on any atom is 0.275 e. The number of amides is 1. The Morgan fingerprint density at radius 3 is 2.52 bits per heavy atom. The number of phenols is 2. The third-order valence-electron chi connectivity index (χ3n) is 3.75. The predicted molar refractivity (Wildman–Crippen MR) is 102 cm³/mol. The molecule has 0 saturated heterocycles. The number of hydrogen-bond acceptors (Lipinski definition) is 5. The number of carbonyl (C=O) groups is 1. The van der Waals surface area contributed by atoms with Gasteiger partial charge in [0.25, 0.3) is 5.91 Å². The van der Waals surface area contributed by atoms with Gasteiger partial charge in [-0.15, -0.1) is 0 Å². The van der Waals surface area contributed by atoms with Gasteiger partial charge in [-0.3, -0.25) is 4.79 Å². The number of nitrogens with zero attached hydrogens (tertiary/aromatic N) is 1. The van der Waals surface area contributed by atoms with Gasteiger partial charge in [0, 0.05) is 11.6 Å². The summed E-state index contributed by atoms with van der Waals surface area (Å²) in [7, 11) is 0. The van der Waals surface area contributed by atoms with Gasteiger partial charge >= 0.3 is 0 Å². The van der Waals surface area contributed by atoms with Crippen LogP contribution < -0.4 is 10.2 Å². The molecule has 0 aliphatic carbocycles. The summed E-state index contributed by atoms with van der Waals surface area (Å²) >= 11 is 0. The highest BCUT2D eigenvalue weighted by Crippen LogP contribution is 2.22. The molecule has 27 heavy (non-hydrogen) atoms. The topological polar surface area (TPSA) is 91.2 Å². The molecule has 0 saturated carbocycles. The minimum atomic E-state index is -0.591. The lowest BCUT2D eigenvalue weighted by Gasteiger charge is -2.09. The maximum absolute atomic E-state index is 12.1. The second-order valence-electron chi connectivity index (χ2n) is 5.71. The van der Waals surface area contributed by atoms with Gasteiger partial charge in [0.1, 0.15) is 23.9 Å². The SMILES string of the molecule is O=C(N/N=C\c1ccccc1OCc1ccccc1)c1ccc(O)cc1O. The Morgan fingerprint density at radius 1 is 1.00 bits per heavy atom. The Bertz CT molecular complexity index is 955. The van der Waals surface area contributed by atoms with Crippen molar-refractivity contribution in [2.24, 2.45) is 5.10 Å². The summed E-state index contributed by atoms with van der Waals surface area (Å²) < 4.78 is 5.83. The van der Waals surface area contributed by atoms with Gasteiger partial charge in [-0.1, -0.05) is 42.5 Å². The van der Waals surface area contributed by atoms with Crippen LogP contribution in [0.15, 0.2) is 77.9 Å². The number of hydrogen-bond donors (Lipinski definition) is 3. The Labute approximate surface area is 156 Å². The molecule has 3 N–H and O–H groups in total. The van der Waals surface area contributed by atoms with E-state index >= 15 is 0 Å². The molecular formula is C21H18N2O4. The molecule has 0 radical (unpaired) electrons. The molecule has 136 valence electrons. The molecular weight excluding hydrogens is 344 g/mol. The highest BCUT2D eigenvalue weighted by atomic mass is 16.5. The predicted octanol–water partition coefficient (Wildman–Crippen LogP) is 3.44. The number of para-hydroxylation sites is 1. The molecule has 0 aliphatic rings. The number of aromatic hydroxyl groups is 2. The van der Waals surface area contributed by atoms with E-state index in [9.17, 15) is 15.0 Å². The molecule has 6 nitrogen and oxygen atoms in total. The van der Waals surface area contributed by atoms with E-state index < -0.39 is 5.91 Å². The van der Waals surface area contributed by atoms with E-state index in [1.807, 2.05) is 54.6 Å². The zero-order valence-corrected chi connectivity index (χ0v) is 14.4. The number of rotatable bonds is 6. The van der Waals surface area contributed by atoms with Crippen molar-refractivity contribution in [1.82, 2.24) is 5.43 Å². The first-order chi connectivity index (χ1) is 13.1. The number of nitrogens with one attached hydrogen (secondary N) is 1. The Balaban J connectivity index is 1.65. The van der Waals surface area contributed by atoms with E-state index in [0.717, 1.165) is 11.6 Å². The first kappa shape index (κ1) is 18.0. The highest BCUT2D eigenvalue weighted by molar-refractivity contribution is 5.97. The lowest BCUT2D eigenvalue weighted by Crippen LogP contribution is -2.17.